The van der Waals surface area contributed by atoms with Crippen LogP contribution in [0.2, 0.25) is 0 Å². The van der Waals surface area contributed by atoms with Crippen molar-refractivity contribution < 1.29 is 4.74 Å². The average molecular weight is 331 g/mol. The van der Waals surface area contributed by atoms with Crippen LogP contribution in [0.15, 0.2) is 84.9 Å². The summed E-state index contributed by atoms with van der Waals surface area (Å²) >= 11 is 0. The number of hydrogen-bond donors (Lipinski definition) is 1. The second-order valence-electron chi connectivity index (χ2n) is 6.18. The summed E-state index contributed by atoms with van der Waals surface area (Å²) in [5.41, 5.74) is 2.71. The number of hydrogen-bond acceptors (Lipinski definition) is 2. The van der Waals surface area contributed by atoms with Crippen LogP contribution in [0.25, 0.3) is 0 Å². The Morgan fingerprint density at radius 2 is 1.24 bits per heavy atom. The molecular weight excluding hydrogens is 306 g/mol. The van der Waals surface area contributed by atoms with Crippen molar-refractivity contribution >= 4 is 0 Å². The predicted octanol–water partition coefficient (Wildman–Crippen LogP) is 5.59. The van der Waals surface area contributed by atoms with Crippen LogP contribution in [-0.2, 0) is 13.0 Å². The van der Waals surface area contributed by atoms with Gasteiger partial charge in [0.25, 0.3) is 0 Å². The standard InChI is InChI=1S/C23H25NO/c1-3-9-20(10-4-1)11-7-8-18-24-19-21-14-16-23(17-15-21)25-22-12-5-2-6-13-22/h1-6,9-10,12-17,24H,7-8,11,18-19H2. The van der Waals surface area contributed by atoms with Crippen LogP contribution in [0.4, 0.5) is 0 Å². The highest BCUT2D eigenvalue weighted by Crippen LogP contribution is 2.21. The van der Waals surface area contributed by atoms with Crippen molar-refractivity contribution in [3.05, 3.63) is 96.1 Å². The van der Waals surface area contributed by atoms with Gasteiger partial charge in [-0.1, -0.05) is 60.7 Å². The van der Waals surface area contributed by atoms with Gasteiger partial charge in [0.1, 0.15) is 11.5 Å². The fourth-order valence-corrected chi connectivity index (χ4v) is 2.76. The maximum atomic E-state index is 5.81. The molecule has 0 saturated carbocycles. The summed E-state index contributed by atoms with van der Waals surface area (Å²) in [5, 5.41) is 3.52. The van der Waals surface area contributed by atoms with Crippen LogP contribution in [0.5, 0.6) is 11.5 Å². The maximum Gasteiger partial charge on any atom is 0.127 e. The topological polar surface area (TPSA) is 21.3 Å². The number of ether oxygens (including phenoxy) is 1. The second-order valence-corrected chi connectivity index (χ2v) is 6.18. The monoisotopic (exact) mass is 331 g/mol. The molecule has 0 spiro atoms. The average Bonchev–Trinajstić information content (AvgIpc) is 2.67. The van der Waals surface area contributed by atoms with Crippen molar-refractivity contribution in [2.45, 2.75) is 25.8 Å². The van der Waals surface area contributed by atoms with E-state index >= 15 is 0 Å². The molecule has 3 aromatic rings. The van der Waals surface area contributed by atoms with Crippen molar-refractivity contribution in [1.29, 1.82) is 0 Å². The summed E-state index contributed by atoms with van der Waals surface area (Å²) in [5.74, 6) is 1.74. The Balaban J connectivity index is 1.33. The minimum Gasteiger partial charge on any atom is -0.457 e. The van der Waals surface area contributed by atoms with Crippen LogP contribution in [-0.4, -0.2) is 6.54 Å². The Labute approximate surface area is 150 Å². The Hall–Kier alpha value is -2.58. The van der Waals surface area contributed by atoms with Crippen LogP contribution in [0.3, 0.4) is 0 Å². The fraction of sp³-hybridized carbons (Fsp3) is 0.217. The predicted molar refractivity (Wildman–Crippen MR) is 104 cm³/mol. The molecule has 0 bridgehead atoms. The number of para-hydroxylation sites is 1. The van der Waals surface area contributed by atoms with E-state index in [1.165, 1.54) is 24.0 Å². The molecule has 0 aliphatic rings. The van der Waals surface area contributed by atoms with Gasteiger partial charge in [-0.2, -0.15) is 0 Å². The van der Waals surface area contributed by atoms with Crippen LogP contribution < -0.4 is 10.1 Å². The zero-order chi connectivity index (χ0) is 17.2. The molecule has 0 heterocycles. The maximum absolute atomic E-state index is 5.81. The fourth-order valence-electron chi connectivity index (χ4n) is 2.76. The van der Waals surface area contributed by atoms with E-state index in [-0.39, 0.29) is 0 Å². The summed E-state index contributed by atoms with van der Waals surface area (Å²) in [6.45, 7) is 1.95. The first-order valence-electron chi connectivity index (χ1n) is 8.97. The first-order valence-corrected chi connectivity index (χ1v) is 8.97. The summed E-state index contributed by atoms with van der Waals surface area (Å²) in [7, 11) is 0. The number of unbranched alkanes of at least 4 members (excludes halogenated alkanes) is 1. The van der Waals surface area contributed by atoms with E-state index in [1.54, 1.807) is 0 Å². The minimum absolute atomic E-state index is 0.867. The number of benzene rings is 3. The molecule has 0 saturated heterocycles. The molecule has 3 rings (SSSR count). The summed E-state index contributed by atoms with van der Waals surface area (Å²) in [4.78, 5) is 0. The highest BCUT2D eigenvalue weighted by molar-refractivity contribution is 5.32. The Morgan fingerprint density at radius 3 is 1.96 bits per heavy atom. The zero-order valence-corrected chi connectivity index (χ0v) is 14.5. The lowest BCUT2D eigenvalue weighted by molar-refractivity contribution is 0.482. The summed E-state index contributed by atoms with van der Waals surface area (Å²) in [6.07, 6.45) is 3.58. The van der Waals surface area contributed by atoms with Gasteiger partial charge in [-0.15, -0.1) is 0 Å². The molecule has 128 valence electrons. The largest absolute Gasteiger partial charge is 0.457 e. The van der Waals surface area contributed by atoms with Crippen molar-refractivity contribution in [2.24, 2.45) is 0 Å². The molecule has 0 fully saturated rings. The van der Waals surface area contributed by atoms with Crippen LogP contribution >= 0.6 is 0 Å². The van der Waals surface area contributed by atoms with Crippen LogP contribution in [0.1, 0.15) is 24.0 Å². The SMILES string of the molecule is c1ccc(CCCCNCc2ccc(Oc3ccccc3)cc2)cc1. The molecule has 0 aromatic heterocycles. The molecule has 3 aromatic carbocycles. The molecule has 0 atom stereocenters. The zero-order valence-electron chi connectivity index (χ0n) is 14.5. The van der Waals surface area contributed by atoms with E-state index in [0.717, 1.165) is 31.0 Å². The van der Waals surface area contributed by atoms with Crippen molar-refractivity contribution in [3.63, 3.8) is 0 Å². The van der Waals surface area contributed by atoms with Gasteiger partial charge in [-0.3, -0.25) is 0 Å². The second kappa shape index (κ2) is 9.65. The van der Waals surface area contributed by atoms with E-state index in [1.807, 2.05) is 42.5 Å². The van der Waals surface area contributed by atoms with E-state index in [4.69, 9.17) is 4.74 Å². The van der Waals surface area contributed by atoms with Gasteiger partial charge in [0.15, 0.2) is 0 Å². The number of rotatable bonds is 9. The summed E-state index contributed by atoms with van der Waals surface area (Å²) < 4.78 is 5.81. The molecule has 0 unspecified atom stereocenters. The van der Waals surface area contributed by atoms with Crippen molar-refractivity contribution in [2.75, 3.05) is 6.54 Å². The molecule has 0 aliphatic carbocycles. The van der Waals surface area contributed by atoms with Gasteiger partial charge in [-0.05, 0) is 61.2 Å². The van der Waals surface area contributed by atoms with Gasteiger partial charge >= 0.3 is 0 Å². The lowest BCUT2D eigenvalue weighted by atomic mass is 10.1. The summed E-state index contributed by atoms with van der Waals surface area (Å²) in [6, 6.07) is 28.9. The molecule has 0 amide bonds. The number of nitrogens with one attached hydrogen (secondary N) is 1. The highest BCUT2D eigenvalue weighted by atomic mass is 16.5. The molecule has 2 nitrogen and oxygen atoms in total. The lowest BCUT2D eigenvalue weighted by Crippen LogP contribution is -2.14. The van der Waals surface area contributed by atoms with Gasteiger partial charge in [0, 0.05) is 6.54 Å². The van der Waals surface area contributed by atoms with Gasteiger partial charge in [0.05, 0.1) is 0 Å². The van der Waals surface area contributed by atoms with E-state index < -0.39 is 0 Å². The smallest absolute Gasteiger partial charge is 0.127 e. The molecule has 25 heavy (non-hydrogen) atoms. The molecule has 1 N–H and O–H groups in total. The Kier molecular flexibility index (Phi) is 6.66. The van der Waals surface area contributed by atoms with Gasteiger partial charge < -0.3 is 10.1 Å². The van der Waals surface area contributed by atoms with Gasteiger partial charge in [-0.25, -0.2) is 0 Å². The van der Waals surface area contributed by atoms with E-state index in [9.17, 15) is 0 Å². The minimum atomic E-state index is 0.867. The lowest BCUT2D eigenvalue weighted by Gasteiger charge is -2.08. The third-order valence-corrected chi connectivity index (χ3v) is 4.14. The molecule has 0 aliphatic heterocycles. The normalized spacial score (nSPS) is 10.6. The molecule has 0 radical (unpaired) electrons. The van der Waals surface area contributed by atoms with Crippen LogP contribution in [0, 0.1) is 0 Å². The van der Waals surface area contributed by atoms with Crippen molar-refractivity contribution in [1.82, 2.24) is 5.32 Å². The van der Waals surface area contributed by atoms with Crippen molar-refractivity contribution in [3.8, 4) is 11.5 Å². The first-order chi connectivity index (χ1) is 12.4. The van der Waals surface area contributed by atoms with E-state index in [0.29, 0.717) is 0 Å². The third-order valence-electron chi connectivity index (χ3n) is 4.14. The molecule has 2 heteroatoms. The van der Waals surface area contributed by atoms with E-state index in [2.05, 4.69) is 47.8 Å². The third kappa shape index (κ3) is 6.09. The van der Waals surface area contributed by atoms with Gasteiger partial charge in [0.2, 0.25) is 0 Å². The highest BCUT2D eigenvalue weighted by Gasteiger charge is 1.98. The Morgan fingerprint density at radius 1 is 0.600 bits per heavy atom. The Bertz CT molecular complexity index is 723. The quantitative estimate of drug-likeness (QED) is 0.516. The first kappa shape index (κ1) is 17.2. The number of aryl methyl sites for hydroxylation is 1. The molecular formula is C23H25NO.